The lowest BCUT2D eigenvalue weighted by Gasteiger charge is -2.08. The van der Waals surface area contributed by atoms with Crippen molar-refractivity contribution in [2.75, 3.05) is 0 Å². The van der Waals surface area contributed by atoms with E-state index in [1.807, 2.05) is 0 Å². The van der Waals surface area contributed by atoms with Gasteiger partial charge < -0.3 is 0 Å². The molecule has 1 rings (SSSR count). The van der Waals surface area contributed by atoms with Crippen LogP contribution in [-0.2, 0) is 12.8 Å². The van der Waals surface area contributed by atoms with E-state index in [9.17, 15) is 0 Å². The third-order valence-electron chi connectivity index (χ3n) is 2.04. The second-order valence-electron chi connectivity index (χ2n) is 3.51. The van der Waals surface area contributed by atoms with Gasteiger partial charge in [0.2, 0.25) is 0 Å². The Morgan fingerprint density at radius 3 is 2.17 bits per heavy atom. The predicted octanol–water partition coefficient (Wildman–Crippen LogP) is 3.41. The molecule has 0 aliphatic carbocycles. The average molecular weight is 161 g/mol. The Balaban J connectivity index is 2.82. The first kappa shape index (κ1) is 9.31. The molecule has 0 fully saturated rings. The summed E-state index contributed by atoms with van der Waals surface area (Å²) in [6.07, 6.45) is 2.27. The quantitative estimate of drug-likeness (QED) is 0.637. The molecule has 0 heteroatoms. The molecule has 0 amide bonds. The Hall–Kier alpha value is -0.780. The van der Waals surface area contributed by atoms with Gasteiger partial charge in [0, 0.05) is 0 Å². The normalized spacial score (nSPS) is 10.7. The first-order valence-corrected chi connectivity index (χ1v) is 4.60. The summed E-state index contributed by atoms with van der Waals surface area (Å²) in [5, 5.41) is 0. The first-order chi connectivity index (χ1) is 5.74. The van der Waals surface area contributed by atoms with Crippen molar-refractivity contribution < 1.29 is 0 Å². The number of rotatable bonds is 3. The third-order valence-corrected chi connectivity index (χ3v) is 2.04. The monoisotopic (exact) mass is 161 g/mol. The van der Waals surface area contributed by atoms with Crippen LogP contribution in [0.25, 0.3) is 0 Å². The maximum atomic E-state index is 2.23. The maximum absolute atomic E-state index is 2.23. The molecule has 1 aromatic rings. The summed E-state index contributed by atoms with van der Waals surface area (Å²) in [6, 6.07) is 8.69. The van der Waals surface area contributed by atoms with Crippen LogP contribution in [0.1, 0.15) is 31.9 Å². The molecule has 0 bridgehead atoms. The Morgan fingerprint density at radius 2 is 1.67 bits per heavy atom. The van der Waals surface area contributed by atoms with E-state index >= 15 is 0 Å². The summed E-state index contributed by atoms with van der Waals surface area (Å²) in [5.74, 6) is 1.48. The second kappa shape index (κ2) is 4.30. The van der Waals surface area contributed by atoms with Crippen LogP contribution in [0.3, 0.4) is 0 Å². The van der Waals surface area contributed by atoms with Crippen molar-refractivity contribution in [1.29, 1.82) is 0 Å². The zero-order valence-corrected chi connectivity index (χ0v) is 8.22. The van der Waals surface area contributed by atoms with E-state index in [0.29, 0.717) is 0 Å². The van der Waals surface area contributed by atoms with Crippen LogP contribution in [-0.4, -0.2) is 0 Å². The summed E-state index contributed by atoms with van der Waals surface area (Å²) < 4.78 is 0. The van der Waals surface area contributed by atoms with Gasteiger partial charge in [0.25, 0.3) is 0 Å². The largest absolute Gasteiger partial charge is 0.0620 e. The lowest BCUT2D eigenvalue weighted by Crippen LogP contribution is -1.96. The topological polar surface area (TPSA) is 0 Å². The number of hydrogen-bond donors (Lipinski definition) is 0. The Kier molecular flexibility index (Phi) is 3.33. The fourth-order valence-corrected chi connectivity index (χ4v) is 1.46. The SMILES string of the molecule is CCc1ccccc1C[C](C)C. The van der Waals surface area contributed by atoms with Crippen molar-refractivity contribution in [3.63, 3.8) is 0 Å². The Morgan fingerprint density at radius 1 is 1.08 bits per heavy atom. The molecule has 0 unspecified atom stereocenters. The average Bonchev–Trinajstić information content (AvgIpc) is 2.04. The molecular formula is C12H17. The molecule has 0 nitrogen and oxygen atoms in total. The van der Waals surface area contributed by atoms with E-state index in [2.05, 4.69) is 45.0 Å². The lowest BCUT2D eigenvalue weighted by molar-refractivity contribution is 0.931. The van der Waals surface area contributed by atoms with Crippen LogP contribution in [0, 0.1) is 5.92 Å². The lowest BCUT2D eigenvalue weighted by atomic mass is 9.97. The molecule has 65 valence electrons. The van der Waals surface area contributed by atoms with Crippen LogP contribution in [0.4, 0.5) is 0 Å². The first-order valence-electron chi connectivity index (χ1n) is 4.60. The molecule has 0 heterocycles. The van der Waals surface area contributed by atoms with Crippen LogP contribution in [0.15, 0.2) is 24.3 Å². The highest BCUT2D eigenvalue weighted by atomic mass is 14.1. The highest BCUT2D eigenvalue weighted by molar-refractivity contribution is 5.29. The van der Waals surface area contributed by atoms with Gasteiger partial charge in [-0.05, 0) is 29.9 Å². The molecule has 0 saturated carbocycles. The summed E-state index contributed by atoms with van der Waals surface area (Å²) in [5.41, 5.74) is 2.97. The van der Waals surface area contributed by atoms with Crippen molar-refractivity contribution in [1.82, 2.24) is 0 Å². The van der Waals surface area contributed by atoms with Crippen LogP contribution in [0.5, 0.6) is 0 Å². The summed E-state index contributed by atoms with van der Waals surface area (Å²) in [7, 11) is 0. The van der Waals surface area contributed by atoms with Gasteiger partial charge in [0.1, 0.15) is 0 Å². The number of hydrogen-bond acceptors (Lipinski definition) is 0. The zero-order valence-electron chi connectivity index (χ0n) is 8.22. The second-order valence-corrected chi connectivity index (χ2v) is 3.51. The number of benzene rings is 1. The van der Waals surface area contributed by atoms with Gasteiger partial charge in [-0.15, -0.1) is 0 Å². The van der Waals surface area contributed by atoms with Crippen LogP contribution in [0.2, 0.25) is 0 Å². The molecule has 1 radical (unpaired) electrons. The summed E-state index contributed by atoms with van der Waals surface area (Å²) in [4.78, 5) is 0. The van der Waals surface area contributed by atoms with Gasteiger partial charge >= 0.3 is 0 Å². The van der Waals surface area contributed by atoms with Gasteiger partial charge in [-0.3, -0.25) is 0 Å². The summed E-state index contributed by atoms with van der Waals surface area (Å²) in [6.45, 7) is 6.59. The maximum Gasteiger partial charge on any atom is -0.0219 e. The fourth-order valence-electron chi connectivity index (χ4n) is 1.46. The van der Waals surface area contributed by atoms with Crippen molar-refractivity contribution in [3.8, 4) is 0 Å². The molecule has 0 spiro atoms. The van der Waals surface area contributed by atoms with Gasteiger partial charge in [0.15, 0.2) is 0 Å². The molecule has 1 aromatic carbocycles. The van der Waals surface area contributed by atoms with E-state index in [-0.39, 0.29) is 0 Å². The van der Waals surface area contributed by atoms with Gasteiger partial charge in [-0.1, -0.05) is 45.0 Å². The van der Waals surface area contributed by atoms with E-state index in [0.717, 1.165) is 12.8 Å². The third kappa shape index (κ3) is 2.37. The van der Waals surface area contributed by atoms with Gasteiger partial charge in [-0.2, -0.15) is 0 Å². The standard InChI is InChI=1S/C12H17/c1-4-11-7-5-6-8-12(11)9-10(2)3/h5-8H,4,9H2,1-3H3. The van der Waals surface area contributed by atoms with E-state index in [4.69, 9.17) is 0 Å². The molecule has 0 atom stereocenters. The van der Waals surface area contributed by atoms with Crippen LogP contribution >= 0.6 is 0 Å². The fraction of sp³-hybridized carbons (Fsp3) is 0.417. The van der Waals surface area contributed by atoms with E-state index in [1.165, 1.54) is 17.0 Å². The van der Waals surface area contributed by atoms with Crippen molar-refractivity contribution >= 4 is 0 Å². The zero-order chi connectivity index (χ0) is 8.97. The van der Waals surface area contributed by atoms with Gasteiger partial charge in [0.05, 0.1) is 0 Å². The summed E-state index contributed by atoms with van der Waals surface area (Å²) >= 11 is 0. The predicted molar refractivity (Wildman–Crippen MR) is 54.1 cm³/mol. The Bertz CT molecular complexity index is 236. The molecule has 0 aromatic heterocycles. The molecule has 0 N–H and O–H groups in total. The van der Waals surface area contributed by atoms with Crippen molar-refractivity contribution in [3.05, 3.63) is 41.3 Å². The van der Waals surface area contributed by atoms with Crippen molar-refractivity contribution in [2.24, 2.45) is 0 Å². The molecule has 0 aliphatic heterocycles. The molecule has 12 heavy (non-hydrogen) atoms. The molecule has 0 saturated heterocycles. The highest BCUT2D eigenvalue weighted by Crippen LogP contribution is 2.14. The minimum atomic E-state index is 1.13. The molecular weight excluding hydrogens is 144 g/mol. The number of aryl methyl sites for hydroxylation is 1. The Labute approximate surface area is 75.6 Å². The smallest absolute Gasteiger partial charge is 0.0219 e. The molecule has 0 aliphatic rings. The van der Waals surface area contributed by atoms with E-state index < -0.39 is 0 Å². The minimum absolute atomic E-state index is 1.13. The van der Waals surface area contributed by atoms with Gasteiger partial charge in [-0.25, -0.2) is 0 Å². The van der Waals surface area contributed by atoms with E-state index in [1.54, 1.807) is 0 Å². The van der Waals surface area contributed by atoms with Crippen LogP contribution < -0.4 is 0 Å². The minimum Gasteiger partial charge on any atom is -0.0620 e. The highest BCUT2D eigenvalue weighted by Gasteiger charge is 2.01. The van der Waals surface area contributed by atoms with Crippen molar-refractivity contribution in [2.45, 2.75) is 33.6 Å².